The van der Waals surface area contributed by atoms with E-state index in [0.29, 0.717) is 17.9 Å². The van der Waals surface area contributed by atoms with Crippen LogP contribution in [0.15, 0.2) is 73.1 Å². The molecule has 0 N–H and O–H groups in total. The molecule has 9 nitrogen and oxygen atoms in total. The Labute approximate surface area is 202 Å². The summed E-state index contributed by atoms with van der Waals surface area (Å²) in [6, 6.07) is 17.4. The Kier molecular flexibility index (Phi) is 7.07. The van der Waals surface area contributed by atoms with Gasteiger partial charge in [0.2, 0.25) is 0 Å². The minimum atomic E-state index is -0.858. The Morgan fingerprint density at radius 1 is 1.18 bits per heavy atom. The van der Waals surface area contributed by atoms with E-state index in [1.54, 1.807) is 55.5 Å². The summed E-state index contributed by atoms with van der Waals surface area (Å²) in [4.78, 5) is 36.8. The molecule has 0 spiro atoms. The van der Waals surface area contributed by atoms with Gasteiger partial charge in [-0.3, -0.25) is 0 Å². The first-order chi connectivity index (χ1) is 16.4. The molecule has 176 valence electrons. The Morgan fingerprint density at radius 2 is 1.85 bits per heavy atom. The maximum Gasteiger partial charge on any atom is 0.443 e. The number of carbonyl (C=O) groups excluding carboxylic acids is 2. The molecular weight excluding hydrogens is 456 g/mol. The fourth-order valence-electron chi connectivity index (χ4n) is 3.46. The summed E-state index contributed by atoms with van der Waals surface area (Å²) in [5.41, 5.74) is 1.36. The number of aromatic nitrogens is 2. The largest absolute Gasteiger partial charge is 0.457 e. The van der Waals surface area contributed by atoms with Gasteiger partial charge in [-0.25, -0.2) is 14.6 Å². The Bertz CT molecular complexity index is 1150. The van der Waals surface area contributed by atoms with Crippen LogP contribution < -0.4 is 0 Å². The minimum absolute atomic E-state index is 0.0696. The standard InChI is InChI=1S/C24H24N4O5S/c1-26(2)24(34)32-20(21-25-13-14-27(21)15-17-9-5-3-6-10-17)19-16-31-23(30)28(19)33-22(29)18-11-7-4-8-12-18/h3-14,19-20H,15-16H2,1-2H3/t19-,20-/m0/s1. The fourth-order valence-corrected chi connectivity index (χ4v) is 3.57. The highest BCUT2D eigenvalue weighted by Crippen LogP contribution is 2.30. The zero-order valence-electron chi connectivity index (χ0n) is 18.7. The molecule has 1 aliphatic heterocycles. The van der Waals surface area contributed by atoms with Gasteiger partial charge in [-0.15, -0.1) is 5.06 Å². The molecule has 3 aromatic rings. The molecule has 2 heterocycles. The number of hydrogen-bond acceptors (Lipinski definition) is 7. The van der Waals surface area contributed by atoms with Gasteiger partial charge in [0, 0.05) is 33.0 Å². The number of cyclic esters (lactones) is 1. The molecule has 1 fully saturated rings. The van der Waals surface area contributed by atoms with E-state index >= 15 is 0 Å². The first-order valence-corrected chi connectivity index (χ1v) is 11.0. The first-order valence-electron chi connectivity index (χ1n) is 10.6. The molecule has 1 amide bonds. The maximum absolute atomic E-state index is 12.7. The topological polar surface area (TPSA) is 86.1 Å². The van der Waals surface area contributed by atoms with Crippen molar-refractivity contribution in [1.29, 1.82) is 0 Å². The second-order valence-electron chi connectivity index (χ2n) is 7.81. The average Bonchev–Trinajstić information content (AvgIpc) is 3.45. The van der Waals surface area contributed by atoms with Crippen molar-refractivity contribution in [2.75, 3.05) is 20.7 Å². The van der Waals surface area contributed by atoms with Crippen LogP contribution in [0.25, 0.3) is 0 Å². The number of hydrogen-bond donors (Lipinski definition) is 0. The molecule has 34 heavy (non-hydrogen) atoms. The van der Waals surface area contributed by atoms with Crippen LogP contribution >= 0.6 is 12.2 Å². The molecule has 10 heteroatoms. The van der Waals surface area contributed by atoms with Gasteiger partial charge >= 0.3 is 12.1 Å². The van der Waals surface area contributed by atoms with Gasteiger partial charge in [0.05, 0.1) is 5.56 Å². The third kappa shape index (κ3) is 5.18. The van der Waals surface area contributed by atoms with Crippen molar-refractivity contribution in [3.8, 4) is 0 Å². The highest BCUT2D eigenvalue weighted by molar-refractivity contribution is 7.80. The van der Waals surface area contributed by atoms with E-state index in [4.69, 9.17) is 26.5 Å². The maximum atomic E-state index is 12.7. The number of rotatable bonds is 7. The quantitative estimate of drug-likeness (QED) is 0.476. The highest BCUT2D eigenvalue weighted by atomic mass is 32.1. The smallest absolute Gasteiger partial charge is 0.443 e. The van der Waals surface area contributed by atoms with Crippen LogP contribution in [-0.2, 0) is 20.9 Å². The molecule has 0 bridgehead atoms. The van der Waals surface area contributed by atoms with Crippen molar-refractivity contribution < 1.29 is 23.9 Å². The summed E-state index contributed by atoms with van der Waals surface area (Å²) in [6.07, 6.45) is 1.81. The lowest BCUT2D eigenvalue weighted by Crippen LogP contribution is -2.43. The van der Waals surface area contributed by atoms with Crippen molar-refractivity contribution in [3.05, 3.63) is 90.0 Å². The molecule has 1 aromatic heterocycles. The van der Waals surface area contributed by atoms with E-state index in [1.165, 1.54) is 0 Å². The lowest BCUT2D eigenvalue weighted by Gasteiger charge is -2.29. The van der Waals surface area contributed by atoms with Crippen LogP contribution in [0.3, 0.4) is 0 Å². The first kappa shape index (κ1) is 23.2. The van der Waals surface area contributed by atoms with Crippen molar-refractivity contribution >= 4 is 29.5 Å². The predicted molar refractivity (Wildman–Crippen MR) is 127 cm³/mol. The molecule has 2 aromatic carbocycles. The number of nitrogens with zero attached hydrogens (tertiary/aromatic N) is 4. The van der Waals surface area contributed by atoms with Gasteiger partial charge in [-0.05, 0) is 29.9 Å². The van der Waals surface area contributed by atoms with E-state index in [2.05, 4.69) is 4.98 Å². The van der Waals surface area contributed by atoms with Crippen molar-refractivity contribution in [2.45, 2.75) is 18.7 Å². The molecule has 0 saturated carbocycles. The fraction of sp³-hybridized carbons (Fsp3) is 0.250. The zero-order valence-corrected chi connectivity index (χ0v) is 19.6. The Hall–Kier alpha value is -3.92. The summed E-state index contributed by atoms with van der Waals surface area (Å²) in [5.74, 6) is -0.178. The van der Waals surface area contributed by atoms with Crippen LogP contribution in [-0.4, -0.2) is 63.5 Å². The highest BCUT2D eigenvalue weighted by Gasteiger charge is 2.46. The van der Waals surface area contributed by atoms with E-state index in [9.17, 15) is 9.59 Å². The number of hydroxylamine groups is 2. The number of benzene rings is 2. The van der Waals surface area contributed by atoms with Crippen molar-refractivity contribution in [3.63, 3.8) is 0 Å². The van der Waals surface area contributed by atoms with E-state index in [-0.39, 0.29) is 11.8 Å². The van der Waals surface area contributed by atoms with Crippen LogP contribution in [0.1, 0.15) is 27.8 Å². The number of ether oxygens (including phenoxy) is 2. The second kappa shape index (κ2) is 10.3. The number of amides is 1. The van der Waals surface area contributed by atoms with E-state index in [1.807, 2.05) is 41.1 Å². The summed E-state index contributed by atoms with van der Waals surface area (Å²) in [6.45, 7) is 0.454. The van der Waals surface area contributed by atoms with Gasteiger partial charge in [0.15, 0.2) is 18.0 Å². The molecule has 0 radical (unpaired) electrons. The van der Waals surface area contributed by atoms with Crippen molar-refractivity contribution in [2.24, 2.45) is 0 Å². The zero-order chi connectivity index (χ0) is 24.1. The van der Waals surface area contributed by atoms with Crippen LogP contribution in [0, 0.1) is 0 Å². The predicted octanol–water partition coefficient (Wildman–Crippen LogP) is 3.43. The Morgan fingerprint density at radius 3 is 2.53 bits per heavy atom. The number of imidazole rings is 1. The minimum Gasteiger partial charge on any atom is -0.457 e. The Balaban J connectivity index is 1.64. The molecular formula is C24H24N4O5S. The lowest BCUT2D eigenvalue weighted by atomic mass is 10.1. The third-order valence-corrected chi connectivity index (χ3v) is 5.65. The molecule has 4 rings (SSSR count). The molecule has 0 unspecified atom stereocenters. The summed E-state index contributed by atoms with van der Waals surface area (Å²) < 4.78 is 13.2. The van der Waals surface area contributed by atoms with Gasteiger partial charge in [-0.2, -0.15) is 0 Å². The molecule has 2 atom stereocenters. The van der Waals surface area contributed by atoms with Gasteiger partial charge in [-0.1, -0.05) is 48.5 Å². The van der Waals surface area contributed by atoms with Crippen LogP contribution in [0.2, 0.25) is 0 Å². The monoisotopic (exact) mass is 480 g/mol. The number of thiocarbonyl (C=S) groups is 1. The second-order valence-corrected chi connectivity index (χ2v) is 8.16. The molecule has 1 saturated heterocycles. The molecule has 0 aliphatic carbocycles. The van der Waals surface area contributed by atoms with Crippen LogP contribution in [0.4, 0.5) is 4.79 Å². The van der Waals surface area contributed by atoms with Gasteiger partial charge < -0.3 is 23.8 Å². The summed E-state index contributed by atoms with van der Waals surface area (Å²) in [5, 5.41) is 1.09. The van der Waals surface area contributed by atoms with Crippen molar-refractivity contribution in [1.82, 2.24) is 19.5 Å². The van der Waals surface area contributed by atoms with Crippen LogP contribution in [0.5, 0.6) is 0 Å². The summed E-state index contributed by atoms with van der Waals surface area (Å²) >= 11 is 5.38. The van der Waals surface area contributed by atoms with Gasteiger partial charge in [0.25, 0.3) is 5.17 Å². The van der Waals surface area contributed by atoms with Gasteiger partial charge in [0.1, 0.15) is 6.61 Å². The lowest BCUT2D eigenvalue weighted by molar-refractivity contribution is -0.108. The summed E-state index contributed by atoms with van der Waals surface area (Å²) in [7, 11) is 3.50. The molecule has 1 aliphatic rings. The SMILES string of the molecule is CN(C)C(=S)O[C@H](c1nccn1Cc1ccccc1)[C@@H]1COC(=O)N1OC(=O)c1ccccc1. The number of carbonyl (C=O) groups is 2. The van der Waals surface area contributed by atoms with E-state index < -0.39 is 24.2 Å². The third-order valence-electron chi connectivity index (χ3n) is 5.19. The normalized spacial score (nSPS) is 16.0. The van der Waals surface area contributed by atoms with E-state index in [0.717, 1.165) is 10.6 Å². The average molecular weight is 481 g/mol.